The van der Waals surface area contributed by atoms with Crippen LogP contribution >= 0.6 is 0 Å². The van der Waals surface area contributed by atoms with Crippen molar-refractivity contribution in [2.45, 2.75) is 63.7 Å². The molecule has 32 heavy (non-hydrogen) atoms. The number of nitrogens with one attached hydrogen (secondary N) is 2. The standard InChI is InChI=1S/C23H26N4O5/c1-12(27-19(28)7-8-20(27)29)21(30)25-17-9-13-5-6-18(17)26(11-13)23(32)15-4-2-3-14-16(15)10-24-22(14)31/h2-4,12-13,17-18H,5-11H2,1H3,(H,24,31)(H,25,30). The van der Waals surface area contributed by atoms with E-state index in [0.717, 1.165) is 29.7 Å². The van der Waals surface area contributed by atoms with Crippen molar-refractivity contribution < 1.29 is 24.0 Å². The number of piperidine rings is 2. The van der Waals surface area contributed by atoms with Crippen molar-refractivity contribution in [2.24, 2.45) is 5.92 Å². The molecule has 5 amide bonds. The highest BCUT2D eigenvalue weighted by atomic mass is 16.2. The van der Waals surface area contributed by atoms with Gasteiger partial charge in [-0.2, -0.15) is 0 Å². The number of amides is 5. The molecule has 3 saturated heterocycles. The molecule has 9 nitrogen and oxygen atoms in total. The van der Waals surface area contributed by atoms with Gasteiger partial charge in [0.05, 0.1) is 6.04 Å². The Hall–Kier alpha value is -3.23. The summed E-state index contributed by atoms with van der Waals surface area (Å²) >= 11 is 0. The summed E-state index contributed by atoms with van der Waals surface area (Å²) in [5.74, 6) is -1.02. The molecular formula is C23H26N4O5. The highest BCUT2D eigenvalue weighted by molar-refractivity contribution is 6.06. The van der Waals surface area contributed by atoms with Gasteiger partial charge < -0.3 is 15.5 Å². The second-order valence-electron chi connectivity index (χ2n) is 9.17. The Bertz CT molecular complexity index is 1020. The molecule has 1 saturated carbocycles. The van der Waals surface area contributed by atoms with Crippen LogP contribution in [0.25, 0.3) is 0 Å². The maximum Gasteiger partial charge on any atom is 0.254 e. The van der Waals surface area contributed by atoms with Crippen LogP contribution in [-0.4, -0.2) is 64.0 Å². The number of hydrogen-bond acceptors (Lipinski definition) is 5. The topological polar surface area (TPSA) is 116 Å². The third kappa shape index (κ3) is 3.27. The minimum atomic E-state index is -0.864. The number of rotatable bonds is 4. The van der Waals surface area contributed by atoms with Crippen molar-refractivity contribution in [1.29, 1.82) is 0 Å². The lowest BCUT2D eigenvalue weighted by Crippen LogP contribution is -2.64. The number of benzene rings is 1. The molecule has 1 aromatic carbocycles. The van der Waals surface area contributed by atoms with Crippen LogP contribution in [-0.2, 0) is 20.9 Å². The molecule has 5 aliphatic rings. The molecule has 0 spiro atoms. The molecule has 2 bridgehead atoms. The van der Waals surface area contributed by atoms with Gasteiger partial charge in [0, 0.05) is 43.1 Å². The molecule has 4 aliphatic heterocycles. The summed E-state index contributed by atoms with van der Waals surface area (Å²) in [4.78, 5) is 65.3. The van der Waals surface area contributed by atoms with E-state index in [9.17, 15) is 24.0 Å². The van der Waals surface area contributed by atoms with Gasteiger partial charge in [0.15, 0.2) is 0 Å². The van der Waals surface area contributed by atoms with Gasteiger partial charge in [-0.15, -0.1) is 0 Å². The maximum absolute atomic E-state index is 13.5. The van der Waals surface area contributed by atoms with E-state index in [0.29, 0.717) is 24.2 Å². The fourth-order valence-electron chi connectivity index (χ4n) is 5.64. The molecule has 4 atom stereocenters. The molecular weight excluding hydrogens is 412 g/mol. The lowest BCUT2D eigenvalue weighted by molar-refractivity contribution is -0.146. The van der Waals surface area contributed by atoms with E-state index in [-0.39, 0.29) is 60.4 Å². The summed E-state index contributed by atoms with van der Waals surface area (Å²) in [6.45, 7) is 2.53. The van der Waals surface area contributed by atoms with Gasteiger partial charge in [-0.3, -0.25) is 28.9 Å². The third-order valence-electron chi connectivity index (χ3n) is 7.30. The molecule has 0 aromatic heterocycles. The van der Waals surface area contributed by atoms with E-state index in [4.69, 9.17) is 0 Å². The second kappa shape index (κ2) is 7.72. The van der Waals surface area contributed by atoms with E-state index in [1.54, 1.807) is 25.1 Å². The molecule has 1 aliphatic carbocycles. The first kappa shape index (κ1) is 20.7. The van der Waals surface area contributed by atoms with Crippen LogP contribution in [0, 0.1) is 5.92 Å². The first-order valence-electron chi connectivity index (χ1n) is 11.2. The first-order valence-corrected chi connectivity index (χ1v) is 11.2. The van der Waals surface area contributed by atoms with Crippen LogP contribution in [0.15, 0.2) is 18.2 Å². The van der Waals surface area contributed by atoms with E-state index >= 15 is 0 Å². The Morgan fingerprint density at radius 1 is 1.12 bits per heavy atom. The zero-order valence-corrected chi connectivity index (χ0v) is 17.9. The number of likely N-dealkylation sites (tertiary alicyclic amines) is 1. The minimum Gasteiger partial charge on any atom is -0.349 e. The summed E-state index contributed by atoms with van der Waals surface area (Å²) < 4.78 is 0. The van der Waals surface area contributed by atoms with E-state index in [2.05, 4.69) is 10.6 Å². The minimum absolute atomic E-state index is 0.120. The van der Waals surface area contributed by atoms with Crippen LogP contribution in [0.1, 0.15) is 65.3 Å². The summed E-state index contributed by atoms with van der Waals surface area (Å²) in [6.07, 6.45) is 2.83. The number of carbonyl (C=O) groups is 5. The Morgan fingerprint density at radius 2 is 1.88 bits per heavy atom. The highest BCUT2D eigenvalue weighted by Crippen LogP contribution is 2.37. The largest absolute Gasteiger partial charge is 0.349 e. The second-order valence-corrected chi connectivity index (χ2v) is 9.17. The molecule has 2 N–H and O–H groups in total. The van der Waals surface area contributed by atoms with Crippen molar-refractivity contribution in [1.82, 2.24) is 20.4 Å². The normalized spacial score (nSPS) is 27.4. The van der Waals surface area contributed by atoms with Crippen molar-refractivity contribution in [3.63, 3.8) is 0 Å². The molecule has 4 unspecified atom stereocenters. The summed E-state index contributed by atoms with van der Waals surface area (Å²) in [6, 6.07) is 3.95. The Kier molecular flexibility index (Phi) is 4.98. The first-order chi connectivity index (χ1) is 15.3. The molecule has 4 fully saturated rings. The van der Waals surface area contributed by atoms with Gasteiger partial charge in [0.2, 0.25) is 17.7 Å². The zero-order valence-electron chi connectivity index (χ0n) is 17.9. The van der Waals surface area contributed by atoms with Crippen LogP contribution in [0.3, 0.4) is 0 Å². The van der Waals surface area contributed by atoms with Crippen LogP contribution in [0.2, 0.25) is 0 Å². The predicted octanol–water partition coefficient (Wildman–Crippen LogP) is 0.577. The fraction of sp³-hybridized carbons (Fsp3) is 0.522. The Labute approximate surface area is 185 Å². The van der Waals surface area contributed by atoms with Gasteiger partial charge in [-0.1, -0.05) is 6.07 Å². The lowest BCUT2D eigenvalue weighted by atomic mass is 9.76. The van der Waals surface area contributed by atoms with Crippen LogP contribution in [0.4, 0.5) is 0 Å². The SMILES string of the molecule is CC(C(=O)NC1CC2CCC1N(C(=O)c1cccc3c1CNC3=O)C2)N1C(=O)CCC1=O. The number of nitrogens with zero attached hydrogens (tertiary/aromatic N) is 2. The average molecular weight is 438 g/mol. The van der Waals surface area contributed by atoms with E-state index in [1.807, 2.05) is 4.90 Å². The molecule has 168 valence electrons. The monoisotopic (exact) mass is 438 g/mol. The predicted molar refractivity (Wildman–Crippen MR) is 112 cm³/mol. The third-order valence-corrected chi connectivity index (χ3v) is 7.30. The molecule has 4 heterocycles. The van der Waals surface area contributed by atoms with E-state index < -0.39 is 6.04 Å². The van der Waals surface area contributed by atoms with Gasteiger partial charge in [-0.05, 0) is 49.8 Å². The summed E-state index contributed by atoms with van der Waals surface area (Å²) in [5.41, 5.74) is 1.79. The van der Waals surface area contributed by atoms with E-state index in [1.165, 1.54) is 0 Å². The lowest BCUT2D eigenvalue weighted by Gasteiger charge is -2.50. The number of carbonyl (C=O) groups excluding carboxylic acids is 5. The van der Waals surface area contributed by atoms with Crippen molar-refractivity contribution >= 4 is 29.5 Å². The Balaban J connectivity index is 1.33. The van der Waals surface area contributed by atoms with Gasteiger partial charge in [0.1, 0.15) is 6.04 Å². The Morgan fingerprint density at radius 3 is 2.59 bits per heavy atom. The smallest absolute Gasteiger partial charge is 0.254 e. The van der Waals surface area contributed by atoms with Gasteiger partial charge >= 0.3 is 0 Å². The summed E-state index contributed by atoms with van der Waals surface area (Å²) in [5, 5.41) is 5.79. The molecule has 1 aromatic rings. The van der Waals surface area contributed by atoms with Gasteiger partial charge in [-0.25, -0.2) is 0 Å². The highest BCUT2D eigenvalue weighted by Gasteiger charge is 2.45. The molecule has 6 rings (SSSR count). The number of fused-ring (bicyclic) bond motifs is 4. The fourth-order valence-corrected chi connectivity index (χ4v) is 5.64. The number of hydrogen-bond donors (Lipinski definition) is 2. The van der Waals surface area contributed by atoms with Crippen LogP contribution < -0.4 is 10.6 Å². The molecule has 9 heteroatoms. The van der Waals surface area contributed by atoms with Crippen molar-refractivity contribution in [3.05, 3.63) is 34.9 Å². The summed E-state index contributed by atoms with van der Waals surface area (Å²) in [7, 11) is 0. The molecule has 0 radical (unpaired) electrons. The zero-order chi connectivity index (χ0) is 22.6. The number of imide groups is 1. The average Bonchev–Trinajstić information content (AvgIpc) is 3.34. The van der Waals surface area contributed by atoms with Crippen LogP contribution in [0.5, 0.6) is 0 Å². The van der Waals surface area contributed by atoms with Gasteiger partial charge in [0.25, 0.3) is 11.8 Å². The van der Waals surface area contributed by atoms with Crippen molar-refractivity contribution in [3.8, 4) is 0 Å². The van der Waals surface area contributed by atoms with Crippen molar-refractivity contribution in [2.75, 3.05) is 6.54 Å². The quantitative estimate of drug-likeness (QED) is 0.667. The maximum atomic E-state index is 13.5.